The predicted octanol–water partition coefficient (Wildman–Crippen LogP) is 0.674. The fourth-order valence-corrected chi connectivity index (χ4v) is 0.831. The van der Waals surface area contributed by atoms with Crippen molar-refractivity contribution in [2.75, 3.05) is 0 Å². The van der Waals surface area contributed by atoms with Crippen molar-refractivity contribution in [1.29, 1.82) is 0 Å². The van der Waals surface area contributed by atoms with E-state index >= 15 is 0 Å². The van der Waals surface area contributed by atoms with Gasteiger partial charge in [0.1, 0.15) is 0 Å². The van der Waals surface area contributed by atoms with E-state index in [9.17, 15) is 22.8 Å². The Kier molecular flexibility index (Phi) is 2.83. The summed E-state index contributed by atoms with van der Waals surface area (Å²) in [5.74, 6) is -2.43. The Morgan fingerprint density at radius 2 is 2.00 bits per heavy atom. The molecule has 0 saturated carbocycles. The molecular formula is C8H6F3NO3. The largest absolute Gasteiger partial charge is 0.493 e. The van der Waals surface area contributed by atoms with Gasteiger partial charge >= 0.3 is 12.1 Å². The molecule has 0 amide bonds. The third-order valence-electron chi connectivity index (χ3n) is 1.50. The lowest BCUT2D eigenvalue weighted by molar-refractivity contribution is -0.200. The summed E-state index contributed by atoms with van der Waals surface area (Å²) >= 11 is 0. The number of hydrogen-bond acceptors (Lipinski definition) is 3. The van der Waals surface area contributed by atoms with Crippen LogP contribution in [0.15, 0.2) is 23.0 Å². The van der Waals surface area contributed by atoms with Gasteiger partial charge in [-0.2, -0.15) is 13.2 Å². The first-order valence-electron chi connectivity index (χ1n) is 3.80. The van der Waals surface area contributed by atoms with Crippen molar-refractivity contribution < 1.29 is 22.8 Å². The molecule has 0 aliphatic rings. The molecular weight excluding hydrogens is 215 g/mol. The van der Waals surface area contributed by atoms with Crippen LogP contribution in [0.4, 0.5) is 13.2 Å². The maximum Gasteiger partial charge on any atom is 0.493 e. The Morgan fingerprint density at radius 3 is 2.47 bits per heavy atom. The number of aryl methyl sites for hydroxylation is 1. The molecule has 1 aromatic rings. The van der Waals surface area contributed by atoms with Gasteiger partial charge in [-0.25, -0.2) is 4.79 Å². The molecule has 0 saturated heterocycles. The molecule has 0 aliphatic heterocycles. The van der Waals surface area contributed by atoms with E-state index in [1.807, 2.05) is 0 Å². The maximum atomic E-state index is 11.8. The summed E-state index contributed by atoms with van der Waals surface area (Å²) in [7, 11) is 0. The van der Waals surface area contributed by atoms with Crippen molar-refractivity contribution in [3.8, 4) is 0 Å². The van der Waals surface area contributed by atoms with Gasteiger partial charge in [-0.1, -0.05) is 6.07 Å². The molecule has 0 radical (unpaired) electrons. The second-order valence-electron chi connectivity index (χ2n) is 2.68. The third-order valence-corrected chi connectivity index (χ3v) is 1.50. The number of nitrogens with zero attached hydrogens (tertiary/aromatic N) is 1. The van der Waals surface area contributed by atoms with Crippen LogP contribution >= 0.6 is 0 Å². The minimum Gasteiger partial charge on any atom is -0.324 e. The zero-order chi connectivity index (χ0) is 11.6. The predicted molar refractivity (Wildman–Crippen MR) is 43.1 cm³/mol. The fourth-order valence-electron chi connectivity index (χ4n) is 0.831. The van der Waals surface area contributed by atoms with Crippen LogP contribution in [-0.2, 0) is 4.79 Å². The third kappa shape index (κ3) is 2.58. The molecule has 15 heavy (non-hydrogen) atoms. The molecule has 1 aromatic heterocycles. The summed E-state index contributed by atoms with van der Waals surface area (Å²) in [4.78, 5) is 25.3. The van der Waals surface area contributed by atoms with Crippen LogP contribution in [0, 0.1) is 6.92 Å². The van der Waals surface area contributed by atoms with Gasteiger partial charge in [0.25, 0.3) is 5.56 Å². The summed E-state index contributed by atoms with van der Waals surface area (Å²) in [6.07, 6.45) is -5.12. The molecule has 0 N–H and O–H groups in total. The van der Waals surface area contributed by atoms with Crippen molar-refractivity contribution in [1.82, 2.24) is 4.73 Å². The second-order valence-corrected chi connectivity index (χ2v) is 2.68. The van der Waals surface area contributed by atoms with Gasteiger partial charge in [-0.3, -0.25) is 4.79 Å². The van der Waals surface area contributed by atoms with E-state index in [2.05, 4.69) is 4.84 Å². The highest BCUT2D eigenvalue weighted by atomic mass is 19.4. The molecule has 0 aromatic carbocycles. The van der Waals surface area contributed by atoms with Gasteiger partial charge in [-0.05, 0) is 13.0 Å². The van der Waals surface area contributed by atoms with Gasteiger partial charge in [0.15, 0.2) is 0 Å². The number of rotatable bonds is 1. The van der Waals surface area contributed by atoms with Crippen LogP contribution in [-0.4, -0.2) is 16.9 Å². The average molecular weight is 221 g/mol. The van der Waals surface area contributed by atoms with Crippen LogP contribution in [0.5, 0.6) is 0 Å². The van der Waals surface area contributed by atoms with E-state index in [1.165, 1.54) is 19.1 Å². The molecule has 0 aliphatic carbocycles. The van der Waals surface area contributed by atoms with Gasteiger partial charge in [0.05, 0.1) is 5.69 Å². The lowest BCUT2D eigenvalue weighted by atomic mass is 10.4. The molecule has 0 atom stereocenters. The highest BCUT2D eigenvalue weighted by molar-refractivity contribution is 5.75. The number of carbonyl (C=O) groups excluding carboxylic acids is 1. The molecule has 0 fully saturated rings. The molecule has 0 spiro atoms. The van der Waals surface area contributed by atoms with Crippen molar-refractivity contribution in [2.45, 2.75) is 13.1 Å². The standard InChI is InChI=1S/C8H6F3NO3/c1-5-3-2-4-6(13)12(5)15-7(14)8(9,10)11/h2-4H,1H3. The summed E-state index contributed by atoms with van der Waals surface area (Å²) in [6.45, 7) is 1.34. The highest BCUT2D eigenvalue weighted by Gasteiger charge is 2.42. The SMILES string of the molecule is Cc1cccc(=O)n1OC(=O)C(F)(F)F. The Bertz CT molecular complexity index is 435. The number of hydrogen-bond donors (Lipinski definition) is 0. The first-order valence-corrected chi connectivity index (χ1v) is 3.80. The summed E-state index contributed by atoms with van der Waals surface area (Å²) in [5.41, 5.74) is -0.743. The number of halogens is 3. The Hall–Kier alpha value is -1.79. The summed E-state index contributed by atoms with van der Waals surface area (Å²) in [6, 6.07) is 3.66. The number of pyridine rings is 1. The van der Waals surface area contributed by atoms with Crippen LogP contribution in [0.2, 0.25) is 0 Å². The quantitative estimate of drug-likeness (QED) is 0.700. The Morgan fingerprint density at radius 1 is 1.40 bits per heavy atom. The zero-order valence-corrected chi connectivity index (χ0v) is 7.54. The first-order chi connectivity index (χ1) is 6.82. The van der Waals surface area contributed by atoms with Crippen molar-refractivity contribution in [3.63, 3.8) is 0 Å². The number of alkyl halides is 3. The minimum absolute atomic E-state index is 0.0973. The number of carbonyl (C=O) groups is 1. The van der Waals surface area contributed by atoms with Crippen LogP contribution < -0.4 is 10.4 Å². The van der Waals surface area contributed by atoms with Crippen molar-refractivity contribution >= 4 is 5.97 Å². The minimum atomic E-state index is -5.12. The molecule has 1 rings (SSSR count). The van der Waals surface area contributed by atoms with Gasteiger partial charge in [-0.15, -0.1) is 4.73 Å². The van der Waals surface area contributed by atoms with Crippen molar-refractivity contribution in [2.24, 2.45) is 0 Å². The maximum absolute atomic E-state index is 11.8. The topological polar surface area (TPSA) is 48.3 Å². The summed E-state index contributed by atoms with van der Waals surface area (Å²) < 4.78 is 35.7. The van der Waals surface area contributed by atoms with E-state index in [-0.39, 0.29) is 10.4 Å². The molecule has 1 heterocycles. The lowest BCUT2D eigenvalue weighted by Gasteiger charge is -2.09. The van der Waals surface area contributed by atoms with Gasteiger partial charge in [0.2, 0.25) is 0 Å². The zero-order valence-electron chi connectivity index (χ0n) is 7.54. The summed E-state index contributed by atoms with van der Waals surface area (Å²) in [5, 5.41) is 0. The van der Waals surface area contributed by atoms with E-state index in [4.69, 9.17) is 0 Å². The van der Waals surface area contributed by atoms with E-state index in [0.29, 0.717) is 0 Å². The van der Waals surface area contributed by atoms with E-state index < -0.39 is 17.7 Å². The molecule has 4 nitrogen and oxygen atoms in total. The van der Waals surface area contributed by atoms with Crippen LogP contribution in [0.3, 0.4) is 0 Å². The Labute approximate surface area is 81.8 Å². The average Bonchev–Trinajstić information content (AvgIpc) is 2.09. The number of aromatic nitrogens is 1. The first kappa shape index (κ1) is 11.3. The smallest absolute Gasteiger partial charge is 0.324 e. The molecule has 0 unspecified atom stereocenters. The van der Waals surface area contributed by atoms with E-state index in [1.54, 1.807) is 0 Å². The molecule has 7 heteroatoms. The second kappa shape index (κ2) is 3.76. The normalized spacial score (nSPS) is 11.2. The van der Waals surface area contributed by atoms with Crippen LogP contribution in [0.1, 0.15) is 5.69 Å². The van der Waals surface area contributed by atoms with Gasteiger partial charge < -0.3 is 4.84 Å². The Balaban J connectivity index is 3.01. The van der Waals surface area contributed by atoms with Gasteiger partial charge in [0, 0.05) is 6.07 Å². The van der Waals surface area contributed by atoms with Crippen molar-refractivity contribution in [3.05, 3.63) is 34.2 Å². The fraction of sp³-hybridized carbons (Fsp3) is 0.250. The monoisotopic (exact) mass is 221 g/mol. The highest BCUT2D eigenvalue weighted by Crippen LogP contribution is 2.14. The van der Waals surface area contributed by atoms with Crippen LogP contribution in [0.25, 0.3) is 0 Å². The lowest BCUT2D eigenvalue weighted by Crippen LogP contribution is -2.38. The van der Waals surface area contributed by atoms with E-state index in [0.717, 1.165) is 6.07 Å². The molecule has 0 bridgehead atoms. The molecule has 82 valence electrons.